The number of carbonyl (C=O) groups is 1. The highest BCUT2D eigenvalue weighted by atomic mass is 35.5. The number of hydrogen-bond acceptors (Lipinski definition) is 2. The Labute approximate surface area is 126 Å². The van der Waals surface area contributed by atoms with Crippen molar-refractivity contribution in [3.63, 3.8) is 0 Å². The van der Waals surface area contributed by atoms with E-state index in [4.69, 9.17) is 23.2 Å². The van der Waals surface area contributed by atoms with Gasteiger partial charge >= 0.3 is 5.97 Å². The van der Waals surface area contributed by atoms with Crippen LogP contribution < -0.4 is 0 Å². The van der Waals surface area contributed by atoms with Gasteiger partial charge in [-0.2, -0.15) is 0 Å². The van der Waals surface area contributed by atoms with Crippen LogP contribution in [0.3, 0.4) is 0 Å². The molecule has 19 heavy (non-hydrogen) atoms. The summed E-state index contributed by atoms with van der Waals surface area (Å²) in [6.07, 6.45) is 0.467. The van der Waals surface area contributed by atoms with Crippen LogP contribution in [0, 0.1) is 0 Å². The fraction of sp³-hybridized carbons (Fsp3) is 0.462. The number of aromatic carboxylic acids is 1. The molecule has 0 bridgehead atoms. The first-order valence-electron chi connectivity index (χ1n) is 5.81. The van der Waals surface area contributed by atoms with Crippen molar-refractivity contribution in [3.05, 3.63) is 28.8 Å². The van der Waals surface area contributed by atoms with E-state index < -0.39 is 10.6 Å². The monoisotopic (exact) mass is 324 g/mol. The summed E-state index contributed by atoms with van der Waals surface area (Å²) in [5.41, 5.74) is 0.829. The zero-order valence-corrected chi connectivity index (χ0v) is 13.2. The molecule has 1 N–H and O–H groups in total. The van der Waals surface area contributed by atoms with Gasteiger partial charge in [-0.1, -0.05) is 50.0 Å². The molecule has 0 aliphatic heterocycles. The summed E-state index contributed by atoms with van der Waals surface area (Å²) in [6.45, 7) is 5.69. The summed E-state index contributed by atoms with van der Waals surface area (Å²) in [7, 11) is 0. The van der Waals surface area contributed by atoms with Gasteiger partial charge in [-0.15, -0.1) is 11.8 Å². The van der Waals surface area contributed by atoms with Crippen LogP contribution in [0.4, 0.5) is 4.39 Å². The van der Waals surface area contributed by atoms with Crippen LogP contribution in [0.15, 0.2) is 17.0 Å². The third-order valence-corrected chi connectivity index (χ3v) is 4.08. The Balaban J connectivity index is 3.55. The molecule has 1 aromatic rings. The van der Waals surface area contributed by atoms with Gasteiger partial charge in [0.05, 0.1) is 5.56 Å². The fourth-order valence-electron chi connectivity index (χ4n) is 1.77. The first-order chi connectivity index (χ1) is 8.68. The molecule has 0 fully saturated rings. The zero-order chi connectivity index (χ0) is 14.8. The second kappa shape index (κ2) is 6.33. The van der Waals surface area contributed by atoms with Crippen molar-refractivity contribution in [2.75, 3.05) is 0 Å². The third kappa shape index (κ3) is 4.01. The van der Waals surface area contributed by atoms with Crippen molar-refractivity contribution in [2.45, 2.75) is 41.9 Å². The standard InChI is InChI=1S/C13H15Cl2FO2S/c1-4-8-9(12(17)18)5-6-10(13(14,15)16)11(8)19-7(2)3/h5-7H,4H2,1-3H3,(H,17,18). The molecule has 0 radical (unpaired) electrons. The number of hydrogen-bond donors (Lipinski definition) is 1. The van der Waals surface area contributed by atoms with Gasteiger partial charge in [0.25, 0.3) is 4.59 Å². The first-order valence-corrected chi connectivity index (χ1v) is 7.45. The smallest absolute Gasteiger partial charge is 0.336 e. The molecule has 0 saturated carbocycles. The Morgan fingerprint density at radius 2 is 2.05 bits per heavy atom. The number of halogens is 3. The van der Waals surface area contributed by atoms with Crippen LogP contribution >= 0.6 is 35.0 Å². The van der Waals surface area contributed by atoms with Gasteiger partial charge in [-0.3, -0.25) is 0 Å². The van der Waals surface area contributed by atoms with Crippen molar-refractivity contribution in [2.24, 2.45) is 0 Å². The summed E-state index contributed by atoms with van der Waals surface area (Å²) in [4.78, 5) is 11.7. The zero-order valence-electron chi connectivity index (χ0n) is 10.8. The normalized spacial score (nSPS) is 11.9. The third-order valence-electron chi connectivity index (χ3n) is 2.50. The molecule has 0 saturated heterocycles. The summed E-state index contributed by atoms with van der Waals surface area (Å²) >= 11 is 12.5. The number of alkyl halides is 3. The Bertz CT molecular complexity index is 484. The molecule has 106 valence electrons. The number of rotatable bonds is 5. The quantitative estimate of drug-likeness (QED) is 0.611. The number of carboxylic acids is 1. The van der Waals surface area contributed by atoms with Crippen molar-refractivity contribution >= 4 is 40.9 Å². The molecule has 0 unspecified atom stereocenters. The lowest BCUT2D eigenvalue weighted by atomic mass is 10.0. The molecule has 0 atom stereocenters. The minimum Gasteiger partial charge on any atom is -0.478 e. The molecule has 2 nitrogen and oxygen atoms in total. The average molecular weight is 325 g/mol. The van der Waals surface area contributed by atoms with E-state index in [1.165, 1.54) is 23.9 Å². The lowest BCUT2D eigenvalue weighted by Gasteiger charge is -2.20. The van der Waals surface area contributed by atoms with Gasteiger partial charge in [0.15, 0.2) is 0 Å². The van der Waals surface area contributed by atoms with Gasteiger partial charge in [0.1, 0.15) is 0 Å². The fourth-order valence-corrected chi connectivity index (χ4v) is 3.40. The maximum absolute atomic E-state index is 13.9. The number of benzene rings is 1. The van der Waals surface area contributed by atoms with Crippen molar-refractivity contribution in [3.8, 4) is 0 Å². The first kappa shape index (κ1) is 16.6. The second-order valence-electron chi connectivity index (χ2n) is 4.29. The molecular formula is C13H15Cl2FO2S. The highest BCUT2D eigenvalue weighted by molar-refractivity contribution is 8.00. The van der Waals surface area contributed by atoms with Crippen LogP contribution in [0.25, 0.3) is 0 Å². The SMILES string of the molecule is CCc1c(C(=O)O)ccc(C(F)(Cl)Cl)c1SC(C)C. The minimum atomic E-state index is -2.53. The van der Waals surface area contributed by atoms with E-state index in [0.717, 1.165) is 0 Å². The number of carboxylic acid groups (broad SMARTS) is 1. The van der Waals surface area contributed by atoms with Gasteiger partial charge in [-0.05, 0) is 18.1 Å². The van der Waals surface area contributed by atoms with E-state index in [0.29, 0.717) is 16.9 Å². The van der Waals surface area contributed by atoms with Crippen LogP contribution in [-0.4, -0.2) is 16.3 Å². The largest absolute Gasteiger partial charge is 0.478 e. The van der Waals surface area contributed by atoms with E-state index >= 15 is 0 Å². The predicted molar refractivity (Wildman–Crippen MR) is 78.3 cm³/mol. The van der Waals surface area contributed by atoms with E-state index in [1.807, 2.05) is 20.8 Å². The highest BCUT2D eigenvalue weighted by Crippen LogP contribution is 2.44. The highest BCUT2D eigenvalue weighted by Gasteiger charge is 2.31. The van der Waals surface area contributed by atoms with Crippen LogP contribution in [0.2, 0.25) is 0 Å². The van der Waals surface area contributed by atoms with E-state index in [-0.39, 0.29) is 16.4 Å². The van der Waals surface area contributed by atoms with Gasteiger partial charge in [0.2, 0.25) is 0 Å². The van der Waals surface area contributed by atoms with E-state index in [2.05, 4.69) is 0 Å². The molecule has 0 heterocycles. The van der Waals surface area contributed by atoms with Gasteiger partial charge in [-0.25, -0.2) is 9.18 Å². The average Bonchev–Trinajstić information content (AvgIpc) is 2.25. The molecule has 6 heteroatoms. The maximum Gasteiger partial charge on any atom is 0.336 e. The molecule has 0 aliphatic rings. The Morgan fingerprint density at radius 3 is 2.42 bits per heavy atom. The molecule has 1 rings (SSSR count). The summed E-state index contributed by atoms with van der Waals surface area (Å²) in [5, 5.41) is 9.34. The van der Waals surface area contributed by atoms with Crippen LogP contribution in [0.1, 0.15) is 42.3 Å². The summed E-state index contributed by atoms with van der Waals surface area (Å²) in [6, 6.07) is 2.69. The van der Waals surface area contributed by atoms with Gasteiger partial charge in [0, 0.05) is 15.7 Å². The molecule has 0 aromatic heterocycles. The number of thioether (sulfide) groups is 1. The molecular weight excluding hydrogens is 310 g/mol. The lowest BCUT2D eigenvalue weighted by molar-refractivity contribution is 0.0695. The Kier molecular flexibility index (Phi) is 5.53. The van der Waals surface area contributed by atoms with E-state index in [1.54, 1.807) is 0 Å². The molecule has 0 amide bonds. The molecule has 1 aromatic carbocycles. The minimum absolute atomic E-state index is 0.108. The van der Waals surface area contributed by atoms with Crippen molar-refractivity contribution in [1.82, 2.24) is 0 Å². The Morgan fingerprint density at radius 1 is 1.47 bits per heavy atom. The predicted octanol–water partition coefficient (Wildman–Crippen LogP) is 5.01. The van der Waals surface area contributed by atoms with Crippen LogP contribution in [-0.2, 0) is 11.0 Å². The van der Waals surface area contributed by atoms with Crippen molar-refractivity contribution < 1.29 is 14.3 Å². The molecule has 0 spiro atoms. The van der Waals surface area contributed by atoms with Gasteiger partial charge < -0.3 is 5.11 Å². The maximum atomic E-state index is 13.9. The second-order valence-corrected chi connectivity index (χ2v) is 7.11. The molecule has 0 aliphatic carbocycles. The van der Waals surface area contributed by atoms with Crippen molar-refractivity contribution in [1.29, 1.82) is 0 Å². The lowest BCUT2D eigenvalue weighted by Crippen LogP contribution is -2.11. The van der Waals surface area contributed by atoms with E-state index in [9.17, 15) is 14.3 Å². The topological polar surface area (TPSA) is 37.3 Å². The van der Waals surface area contributed by atoms with Crippen LogP contribution in [0.5, 0.6) is 0 Å². The summed E-state index contributed by atoms with van der Waals surface area (Å²) < 4.78 is 11.3. The summed E-state index contributed by atoms with van der Waals surface area (Å²) in [5.74, 6) is -1.04. The Hall–Kier alpha value is -0.450.